The Bertz CT molecular complexity index is 851. The fourth-order valence-corrected chi connectivity index (χ4v) is 2.79. The van der Waals surface area contributed by atoms with Crippen molar-refractivity contribution < 1.29 is 33.6 Å². The second-order valence-electron chi connectivity index (χ2n) is 8.35. The molecule has 0 saturated heterocycles. The molecule has 0 amide bonds. The molecule has 0 aromatic heterocycles. The number of hydrogen-bond acceptors (Lipinski definition) is 7. The van der Waals surface area contributed by atoms with E-state index in [0.29, 0.717) is 23.5 Å². The average molecular weight is 445 g/mol. The number of aliphatic hydroxyl groups is 1. The van der Waals surface area contributed by atoms with Crippen LogP contribution < -0.4 is 9.47 Å². The van der Waals surface area contributed by atoms with Crippen LogP contribution in [0.2, 0.25) is 0 Å². The van der Waals surface area contributed by atoms with Gasteiger partial charge in [0.1, 0.15) is 30.3 Å². The molecule has 2 aromatic carbocycles. The van der Waals surface area contributed by atoms with Crippen LogP contribution in [0.15, 0.2) is 48.5 Å². The Kier molecular flexibility index (Phi) is 9.53. The number of hydrogen-bond donors (Lipinski definition) is 1. The lowest BCUT2D eigenvalue weighted by Crippen LogP contribution is -2.30. The van der Waals surface area contributed by atoms with Crippen LogP contribution >= 0.6 is 0 Å². The molecule has 0 spiro atoms. The summed E-state index contributed by atoms with van der Waals surface area (Å²) in [5.41, 5.74) is 0.971. The van der Waals surface area contributed by atoms with Gasteiger partial charge in [0.2, 0.25) is 0 Å². The highest BCUT2D eigenvalue weighted by atomic mass is 16.6. The number of carbonyl (C=O) groups is 2. The minimum absolute atomic E-state index is 0.0972. The van der Waals surface area contributed by atoms with Crippen LogP contribution in [-0.4, -0.2) is 48.6 Å². The molecular formula is C25H32O7. The van der Waals surface area contributed by atoms with Gasteiger partial charge in [-0.1, -0.05) is 12.1 Å². The second kappa shape index (κ2) is 12.1. The van der Waals surface area contributed by atoms with Gasteiger partial charge in [-0.3, -0.25) is 4.79 Å². The Labute approximate surface area is 189 Å². The summed E-state index contributed by atoms with van der Waals surface area (Å²) in [6.45, 7) is 7.15. The van der Waals surface area contributed by atoms with E-state index in [1.165, 1.54) is 6.92 Å². The van der Waals surface area contributed by atoms with Crippen LogP contribution in [0.25, 0.3) is 0 Å². The highest BCUT2D eigenvalue weighted by Crippen LogP contribution is 2.18. The first-order valence-corrected chi connectivity index (χ1v) is 10.6. The zero-order valence-electron chi connectivity index (χ0n) is 19.1. The van der Waals surface area contributed by atoms with E-state index in [1.54, 1.807) is 24.3 Å². The maximum absolute atomic E-state index is 12.1. The van der Waals surface area contributed by atoms with Gasteiger partial charge in [-0.25, -0.2) is 4.79 Å². The van der Waals surface area contributed by atoms with Crippen LogP contribution in [-0.2, 0) is 20.7 Å². The van der Waals surface area contributed by atoms with Gasteiger partial charge in [-0.05, 0) is 75.6 Å². The summed E-state index contributed by atoms with van der Waals surface area (Å²) in [5.74, 6) is 0.346. The Hall–Kier alpha value is -3.06. The van der Waals surface area contributed by atoms with Crippen molar-refractivity contribution in [3.8, 4) is 11.5 Å². The first kappa shape index (κ1) is 25.2. The van der Waals surface area contributed by atoms with E-state index in [2.05, 4.69) is 0 Å². The number of benzene rings is 2. The standard InChI is InChI=1S/C25H32O7/c1-18(27)31-23(16-29-21-11-7-19(8-12-21)6-5-15-26)17-30-22-13-9-20(10-14-22)24(28)32-25(2,3)4/h7-14,23,26H,5-6,15-17H2,1-4H3. The Morgan fingerprint density at radius 2 is 1.44 bits per heavy atom. The van der Waals surface area contributed by atoms with E-state index in [-0.39, 0.29) is 19.8 Å². The molecule has 0 saturated carbocycles. The van der Waals surface area contributed by atoms with E-state index in [1.807, 2.05) is 45.0 Å². The number of esters is 2. The van der Waals surface area contributed by atoms with E-state index in [4.69, 9.17) is 24.1 Å². The van der Waals surface area contributed by atoms with E-state index in [9.17, 15) is 9.59 Å². The van der Waals surface area contributed by atoms with Crippen molar-refractivity contribution in [1.82, 2.24) is 0 Å². The molecule has 0 aliphatic heterocycles. The van der Waals surface area contributed by atoms with E-state index >= 15 is 0 Å². The molecule has 174 valence electrons. The summed E-state index contributed by atoms with van der Waals surface area (Å²) >= 11 is 0. The lowest BCUT2D eigenvalue weighted by atomic mass is 10.1. The highest BCUT2D eigenvalue weighted by molar-refractivity contribution is 5.89. The maximum Gasteiger partial charge on any atom is 0.338 e. The quantitative estimate of drug-likeness (QED) is 0.525. The van der Waals surface area contributed by atoms with Crippen molar-refractivity contribution >= 4 is 11.9 Å². The van der Waals surface area contributed by atoms with Crippen molar-refractivity contribution in [3.05, 3.63) is 59.7 Å². The first-order chi connectivity index (χ1) is 15.2. The SMILES string of the molecule is CC(=O)OC(COc1ccc(CCCO)cc1)COc1ccc(C(=O)OC(C)(C)C)cc1. The zero-order chi connectivity index (χ0) is 23.6. The van der Waals surface area contributed by atoms with Gasteiger partial charge in [0, 0.05) is 13.5 Å². The minimum atomic E-state index is -0.605. The fourth-order valence-electron chi connectivity index (χ4n) is 2.79. The number of aryl methyl sites for hydroxylation is 1. The van der Waals surface area contributed by atoms with Gasteiger partial charge in [0.25, 0.3) is 0 Å². The molecule has 7 heteroatoms. The Balaban J connectivity index is 1.89. The molecule has 1 N–H and O–H groups in total. The number of rotatable bonds is 11. The lowest BCUT2D eigenvalue weighted by molar-refractivity contribution is -0.149. The molecule has 32 heavy (non-hydrogen) atoms. The summed E-state index contributed by atoms with van der Waals surface area (Å²) in [7, 11) is 0. The van der Waals surface area contributed by atoms with Crippen molar-refractivity contribution in [2.75, 3.05) is 19.8 Å². The monoisotopic (exact) mass is 444 g/mol. The second-order valence-corrected chi connectivity index (χ2v) is 8.35. The number of aliphatic hydroxyl groups excluding tert-OH is 1. The van der Waals surface area contributed by atoms with Crippen molar-refractivity contribution in [1.29, 1.82) is 0 Å². The smallest absolute Gasteiger partial charge is 0.338 e. The molecule has 0 bridgehead atoms. The summed E-state index contributed by atoms with van der Waals surface area (Å²) in [6, 6.07) is 14.1. The molecule has 0 aliphatic carbocycles. The van der Waals surface area contributed by atoms with Crippen LogP contribution in [0.4, 0.5) is 0 Å². The molecule has 0 radical (unpaired) electrons. The third-order valence-corrected chi connectivity index (χ3v) is 4.24. The van der Waals surface area contributed by atoms with Crippen LogP contribution in [0.3, 0.4) is 0 Å². The van der Waals surface area contributed by atoms with Crippen molar-refractivity contribution in [2.24, 2.45) is 0 Å². The molecule has 7 nitrogen and oxygen atoms in total. The van der Waals surface area contributed by atoms with Gasteiger partial charge >= 0.3 is 11.9 Å². The molecule has 0 fully saturated rings. The van der Waals surface area contributed by atoms with Crippen LogP contribution in [0, 0.1) is 0 Å². The molecule has 1 atom stereocenters. The summed E-state index contributed by atoms with van der Waals surface area (Å²) < 4.78 is 22.1. The third kappa shape index (κ3) is 9.39. The topological polar surface area (TPSA) is 91.3 Å². The molecule has 0 heterocycles. The normalized spacial score (nSPS) is 12.0. The minimum Gasteiger partial charge on any atom is -0.490 e. The molecular weight excluding hydrogens is 412 g/mol. The zero-order valence-corrected chi connectivity index (χ0v) is 19.1. The van der Waals surface area contributed by atoms with Crippen molar-refractivity contribution in [3.63, 3.8) is 0 Å². The largest absolute Gasteiger partial charge is 0.490 e. The van der Waals surface area contributed by atoms with Gasteiger partial charge < -0.3 is 24.1 Å². The summed E-state index contributed by atoms with van der Waals surface area (Å²) in [6.07, 6.45) is 0.908. The van der Waals surface area contributed by atoms with Crippen LogP contribution in [0.5, 0.6) is 11.5 Å². The molecule has 2 aromatic rings. The number of carbonyl (C=O) groups excluding carboxylic acids is 2. The Morgan fingerprint density at radius 3 is 1.91 bits per heavy atom. The fraction of sp³-hybridized carbons (Fsp3) is 0.440. The highest BCUT2D eigenvalue weighted by Gasteiger charge is 2.18. The summed E-state index contributed by atoms with van der Waals surface area (Å²) in [5, 5.41) is 8.91. The van der Waals surface area contributed by atoms with Crippen LogP contribution in [0.1, 0.15) is 50.0 Å². The van der Waals surface area contributed by atoms with Gasteiger partial charge in [0.15, 0.2) is 6.10 Å². The average Bonchev–Trinajstić information content (AvgIpc) is 2.73. The van der Waals surface area contributed by atoms with E-state index in [0.717, 1.165) is 12.0 Å². The lowest BCUT2D eigenvalue weighted by Gasteiger charge is -2.20. The van der Waals surface area contributed by atoms with Gasteiger partial charge in [0.05, 0.1) is 5.56 Å². The first-order valence-electron chi connectivity index (χ1n) is 10.6. The maximum atomic E-state index is 12.1. The Morgan fingerprint density at radius 1 is 0.906 bits per heavy atom. The van der Waals surface area contributed by atoms with Crippen molar-refractivity contribution in [2.45, 2.75) is 52.2 Å². The predicted molar refractivity (Wildman–Crippen MR) is 120 cm³/mol. The van der Waals surface area contributed by atoms with E-state index < -0.39 is 23.6 Å². The van der Waals surface area contributed by atoms with Gasteiger partial charge in [-0.2, -0.15) is 0 Å². The molecule has 0 aliphatic rings. The molecule has 1 unspecified atom stereocenters. The molecule has 2 rings (SSSR count). The number of ether oxygens (including phenoxy) is 4. The summed E-state index contributed by atoms with van der Waals surface area (Å²) in [4.78, 5) is 23.6. The van der Waals surface area contributed by atoms with Gasteiger partial charge in [-0.15, -0.1) is 0 Å². The predicted octanol–water partition coefficient (Wildman–Crippen LogP) is 3.96. The third-order valence-electron chi connectivity index (χ3n) is 4.24.